The summed E-state index contributed by atoms with van der Waals surface area (Å²) in [5, 5.41) is 12.3. The van der Waals surface area contributed by atoms with Crippen LogP contribution in [0, 0.1) is 18.8 Å². The predicted octanol–water partition coefficient (Wildman–Crippen LogP) is 5.47. The molecule has 0 bridgehead atoms. The normalized spacial score (nSPS) is 16.9. The maximum absolute atomic E-state index is 12.7. The molecule has 1 fully saturated rings. The van der Waals surface area contributed by atoms with Crippen LogP contribution in [0.2, 0.25) is 0 Å². The number of aryl methyl sites for hydroxylation is 1. The van der Waals surface area contributed by atoms with E-state index in [1.807, 2.05) is 59.4 Å². The second kappa shape index (κ2) is 9.92. The highest BCUT2D eigenvalue weighted by atomic mass is 16.5. The lowest BCUT2D eigenvalue weighted by atomic mass is 10.1. The van der Waals surface area contributed by atoms with E-state index in [-0.39, 0.29) is 18.2 Å². The highest BCUT2D eigenvalue weighted by Gasteiger charge is 2.21. The summed E-state index contributed by atoms with van der Waals surface area (Å²) in [6.45, 7) is 2.79. The topological polar surface area (TPSA) is 81.1 Å². The van der Waals surface area contributed by atoms with Crippen molar-refractivity contribution in [2.45, 2.75) is 38.5 Å². The van der Waals surface area contributed by atoms with Crippen LogP contribution in [0.5, 0.6) is 0 Å². The smallest absolute Gasteiger partial charge is 0.255 e. The number of nitrogens with one attached hydrogen (secondary N) is 2. The summed E-state index contributed by atoms with van der Waals surface area (Å²) in [5.74, 6) is 5.55. The van der Waals surface area contributed by atoms with Gasteiger partial charge in [0.2, 0.25) is 0 Å². The Labute approximate surface area is 215 Å². The summed E-state index contributed by atoms with van der Waals surface area (Å²) in [5.41, 5.74) is 6.05. The van der Waals surface area contributed by atoms with Crippen LogP contribution in [0.4, 0.5) is 11.4 Å². The molecule has 0 saturated carbocycles. The molecule has 1 amide bonds. The van der Waals surface area contributed by atoms with Gasteiger partial charge >= 0.3 is 0 Å². The predicted molar refractivity (Wildman–Crippen MR) is 145 cm³/mol. The van der Waals surface area contributed by atoms with Gasteiger partial charge in [-0.3, -0.25) is 9.78 Å². The van der Waals surface area contributed by atoms with Gasteiger partial charge in [0, 0.05) is 23.9 Å². The molecule has 1 aliphatic heterocycles. The molecule has 1 saturated heterocycles. The Kier molecular flexibility index (Phi) is 6.17. The third-order valence-corrected chi connectivity index (χ3v) is 6.53. The standard InChI is InChI=1S/C30H27N5O2/c1-20-15-16-31-22(18-20)12-14-27-24-13-11-23(19-28(24)35(34-27)29-8-4-5-17-37-29)32-26-7-3-2-6-25(26)30(36)33-21-9-10-21/h2-3,6-7,11-16,18-19,21,29,32H,4-5,8,17H2,1H3,(H,33,36)/b14-12+. The first-order chi connectivity index (χ1) is 18.1. The second-order valence-corrected chi connectivity index (χ2v) is 9.34. The number of carbonyl (C=O) groups excluding carboxylic acids is 1. The second-order valence-electron chi connectivity index (χ2n) is 9.34. The summed E-state index contributed by atoms with van der Waals surface area (Å²) < 4.78 is 8.09. The minimum Gasteiger partial charge on any atom is -0.356 e. The molecule has 2 aliphatic rings. The summed E-state index contributed by atoms with van der Waals surface area (Å²) in [6, 6.07) is 17.5. The van der Waals surface area contributed by atoms with Gasteiger partial charge in [0.25, 0.3) is 5.91 Å². The van der Waals surface area contributed by atoms with E-state index in [9.17, 15) is 4.79 Å². The molecule has 37 heavy (non-hydrogen) atoms. The molecular formula is C30H27N5O2. The summed E-state index contributed by atoms with van der Waals surface area (Å²) >= 11 is 0. The molecule has 0 radical (unpaired) electrons. The number of pyridine rings is 1. The molecule has 3 heterocycles. The Hall–Kier alpha value is -4.41. The van der Waals surface area contributed by atoms with Crippen molar-refractivity contribution >= 4 is 40.3 Å². The Morgan fingerprint density at radius 1 is 1.11 bits per heavy atom. The number of hydrogen-bond donors (Lipinski definition) is 2. The first kappa shape index (κ1) is 23.0. The lowest BCUT2D eigenvalue weighted by Gasteiger charge is -2.23. The van der Waals surface area contributed by atoms with E-state index in [0.29, 0.717) is 5.56 Å². The number of ether oxygens (including phenoxy) is 1. The van der Waals surface area contributed by atoms with Crippen LogP contribution in [-0.4, -0.2) is 33.3 Å². The minimum atomic E-state index is -0.191. The van der Waals surface area contributed by atoms with Gasteiger partial charge in [0.15, 0.2) is 12.3 Å². The highest BCUT2D eigenvalue weighted by molar-refractivity contribution is 6.01. The molecular weight excluding hydrogens is 462 g/mol. The molecule has 0 spiro atoms. The van der Waals surface area contributed by atoms with Crippen molar-refractivity contribution < 1.29 is 9.53 Å². The lowest BCUT2D eigenvalue weighted by Crippen LogP contribution is -2.28. The van der Waals surface area contributed by atoms with Gasteiger partial charge in [-0.1, -0.05) is 24.0 Å². The quantitative estimate of drug-likeness (QED) is 0.337. The molecule has 2 aromatic carbocycles. The van der Waals surface area contributed by atoms with Crippen molar-refractivity contribution in [1.29, 1.82) is 0 Å². The molecule has 2 N–H and O–H groups in total. The highest BCUT2D eigenvalue weighted by Crippen LogP contribution is 2.32. The van der Waals surface area contributed by atoms with Crippen LogP contribution in [-0.2, 0) is 4.74 Å². The van der Waals surface area contributed by atoms with Gasteiger partial charge in [0.05, 0.1) is 28.2 Å². The Morgan fingerprint density at radius 3 is 2.81 bits per heavy atom. The Balaban J connectivity index is 1.35. The third-order valence-electron chi connectivity index (χ3n) is 6.53. The maximum atomic E-state index is 12.7. The van der Waals surface area contributed by atoms with Crippen LogP contribution in [0.25, 0.3) is 23.1 Å². The lowest BCUT2D eigenvalue weighted by molar-refractivity contribution is -0.0367. The molecule has 1 aliphatic carbocycles. The van der Waals surface area contributed by atoms with Gasteiger partial charge < -0.3 is 15.4 Å². The van der Waals surface area contributed by atoms with E-state index >= 15 is 0 Å². The SMILES string of the molecule is Cc1ccnc(/C=C/c2nn(C3CCCCO3)c3cc(Nc4ccccc4C(=O)NC4C#C4)ccc23)c1. The largest absolute Gasteiger partial charge is 0.356 e. The zero-order valence-corrected chi connectivity index (χ0v) is 20.6. The van der Waals surface area contributed by atoms with E-state index in [2.05, 4.69) is 46.5 Å². The third kappa shape index (κ3) is 5.11. The first-order valence-electron chi connectivity index (χ1n) is 12.6. The zero-order valence-electron chi connectivity index (χ0n) is 20.6. The molecule has 7 nitrogen and oxygen atoms in total. The van der Waals surface area contributed by atoms with Crippen molar-refractivity contribution in [2.24, 2.45) is 0 Å². The number of hydrogen-bond acceptors (Lipinski definition) is 5. The number of fused-ring (bicyclic) bond motifs is 1. The first-order valence-corrected chi connectivity index (χ1v) is 12.6. The van der Waals surface area contributed by atoms with Crippen LogP contribution >= 0.6 is 0 Å². The monoisotopic (exact) mass is 489 g/mol. The van der Waals surface area contributed by atoms with Crippen molar-refractivity contribution in [3.8, 4) is 11.8 Å². The average molecular weight is 490 g/mol. The fourth-order valence-electron chi connectivity index (χ4n) is 4.58. The van der Waals surface area contributed by atoms with Gasteiger partial charge in [-0.2, -0.15) is 5.10 Å². The molecule has 4 aromatic rings. The molecule has 184 valence electrons. The summed E-state index contributed by atoms with van der Waals surface area (Å²) in [4.78, 5) is 17.2. The van der Waals surface area contributed by atoms with E-state index in [4.69, 9.17) is 9.84 Å². The van der Waals surface area contributed by atoms with Gasteiger partial charge in [-0.25, -0.2) is 4.68 Å². The zero-order chi connectivity index (χ0) is 25.2. The van der Waals surface area contributed by atoms with Crippen LogP contribution < -0.4 is 10.6 Å². The molecule has 2 aromatic heterocycles. The average Bonchev–Trinajstić information content (AvgIpc) is 3.66. The van der Waals surface area contributed by atoms with Crippen LogP contribution in [0.15, 0.2) is 60.8 Å². The Bertz CT molecular complexity index is 1560. The van der Waals surface area contributed by atoms with Crippen molar-refractivity contribution in [3.63, 3.8) is 0 Å². The van der Waals surface area contributed by atoms with Crippen molar-refractivity contribution in [2.75, 3.05) is 11.9 Å². The fraction of sp³-hybridized carbons (Fsp3) is 0.233. The van der Waals surface area contributed by atoms with Crippen molar-refractivity contribution in [3.05, 3.63) is 83.3 Å². The number of carbonyl (C=O) groups is 1. The fourth-order valence-corrected chi connectivity index (χ4v) is 4.58. The number of nitrogens with zero attached hydrogens (tertiary/aromatic N) is 3. The van der Waals surface area contributed by atoms with E-state index in [1.165, 1.54) is 0 Å². The minimum absolute atomic E-state index is 0.109. The number of benzene rings is 2. The van der Waals surface area contributed by atoms with Crippen LogP contribution in [0.1, 0.15) is 52.8 Å². The van der Waals surface area contributed by atoms with Crippen molar-refractivity contribution in [1.82, 2.24) is 20.1 Å². The van der Waals surface area contributed by atoms with Gasteiger partial charge in [-0.15, -0.1) is 0 Å². The van der Waals surface area contributed by atoms with Crippen LogP contribution in [0.3, 0.4) is 0 Å². The molecule has 1 atom stereocenters. The number of amides is 1. The number of aromatic nitrogens is 3. The Morgan fingerprint density at radius 2 is 2.00 bits per heavy atom. The van der Waals surface area contributed by atoms with E-state index in [1.54, 1.807) is 6.07 Å². The molecule has 1 unspecified atom stereocenters. The van der Waals surface area contributed by atoms with Gasteiger partial charge in [0.1, 0.15) is 0 Å². The number of rotatable bonds is 7. The summed E-state index contributed by atoms with van der Waals surface area (Å²) in [6.07, 6.45) is 8.80. The van der Waals surface area contributed by atoms with E-state index < -0.39 is 0 Å². The number of para-hydroxylation sites is 1. The van der Waals surface area contributed by atoms with E-state index in [0.717, 1.165) is 65.1 Å². The summed E-state index contributed by atoms with van der Waals surface area (Å²) in [7, 11) is 0. The molecule has 7 heteroatoms. The van der Waals surface area contributed by atoms with Gasteiger partial charge in [-0.05, 0) is 86.4 Å². The molecule has 6 rings (SSSR count). The maximum Gasteiger partial charge on any atom is 0.255 e. The number of anilines is 2.